The zero-order valence-electron chi connectivity index (χ0n) is 15.5. The molecule has 1 aliphatic rings. The highest BCUT2D eigenvalue weighted by Crippen LogP contribution is 2.22. The van der Waals surface area contributed by atoms with Gasteiger partial charge in [0.25, 0.3) is 5.91 Å². The fourth-order valence-electron chi connectivity index (χ4n) is 2.84. The fourth-order valence-corrected chi connectivity index (χ4v) is 2.95. The maximum Gasteiger partial charge on any atom is 0.260 e. The quantitative estimate of drug-likeness (QED) is 0.753. The fraction of sp³-hybridized carbons (Fsp3) is 0.579. The van der Waals surface area contributed by atoms with Crippen LogP contribution in [0.15, 0.2) is 18.2 Å². The highest BCUT2D eigenvalue weighted by Gasteiger charge is 2.33. The Hall–Kier alpha value is -1.75. The van der Waals surface area contributed by atoms with E-state index in [1.165, 1.54) is 0 Å². The first-order valence-electron chi connectivity index (χ1n) is 8.58. The van der Waals surface area contributed by atoms with E-state index in [4.69, 9.17) is 16.3 Å². The zero-order chi connectivity index (χ0) is 18.6. The molecule has 25 heavy (non-hydrogen) atoms. The number of benzene rings is 1. The van der Waals surface area contributed by atoms with Gasteiger partial charge in [-0.2, -0.15) is 0 Å². The lowest BCUT2D eigenvalue weighted by Gasteiger charge is -2.38. The van der Waals surface area contributed by atoms with Gasteiger partial charge in [0.05, 0.1) is 5.41 Å². The maximum atomic E-state index is 12.4. The van der Waals surface area contributed by atoms with Crippen molar-refractivity contribution in [2.75, 3.05) is 38.7 Å². The number of carbonyl (C=O) groups excluding carboxylic acids is 2. The third kappa shape index (κ3) is 4.88. The van der Waals surface area contributed by atoms with Crippen LogP contribution in [0.5, 0.6) is 5.75 Å². The summed E-state index contributed by atoms with van der Waals surface area (Å²) in [5.41, 5.74) is 1.61. The van der Waals surface area contributed by atoms with Crippen molar-refractivity contribution in [3.8, 4) is 5.75 Å². The molecule has 0 radical (unpaired) electrons. The van der Waals surface area contributed by atoms with E-state index in [1.54, 1.807) is 9.80 Å². The molecule has 1 aromatic rings. The van der Waals surface area contributed by atoms with Gasteiger partial charge < -0.3 is 14.5 Å². The number of hydrogen-bond acceptors (Lipinski definition) is 3. The standard InChI is InChI=1S/C19H27ClN2O3/c1-14-5-6-16(15(2)11-14)25-12-17(23)21-7-9-22(10-8-21)18(24)19(3,4)13-20/h5-6,11H,7-10,12-13H2,1-4H3. The molecule has 5 nitrogen and oxygen atoms in total. The Morgan fingerprint density at radius 3 is 2.28 bits per heavy atom. The minimum absolute atomic E-state index is 0.0189. The van der Waals surface area contributed by atoms with Gasteiger partial charge in [-0.1, -0.05) is 17.7 Å². The lowest BCUT2D eigenvalue weighted by Crippen LogP contribution is -2.54. The molecule has 1 aliphatic heterocycles. The van der Waals surface area contributed by atoms with Gasteiger partial charge in [-0.3, -0.25) is 9.59 Å². The van der Waals surface area contributed by atoms with Crippen molar-refractivity contribution in [1.29, 1.82) is 0 Å². The van der Waals surface area contributed by atoms with Crippen LogP contribution in [-0.4, -0.2) is 60.3 Å². The Morgan fingerprint density at radius 1 is 1.12 bits per heavy atom. The number of rotatable bonds is 5. The maximum absolute atomic E-state index is 12.4. The second-order valence-corrected chi connectivity index (χ2v) is 7.52. The molecule has 1 saturated heterocycles. The second kappa shape index (κ2) is 8.09. The Labute approximate surface area is 154 Å². The van der Waals surface area contributed by atoms with Gasteiger partial charge >= 0.3 is 0 Å². The molecule has 0 saturated carbocycles. The molecule has 0 spiro atoms. The van der Waals surface area contributed by atoms with Crippen LogP contribution in [0.25, 0.3) is 0 Å². The number of nitrogens with zero attached hydrogens (tertiary/aromatic N) is 2. The lowest BCUT2D eigenvalue weighted by molar-refractivity contribution is -0.145. The Balaban J connectivity index is 1.84. The van der Waals surface area contributed by atoms with Crippen LogP contribution in [0.1, 0.15) is 25.0 Å². The van der Waals surface area contributed by atoms with Crippen molar-refractivity contribution in [2.24, 2.45) is 5.41 Å². The first-order chi connectivity index (χ1) is 11.7. The Kier molecular flexibility index (Phi) is 6.33. The van der Waals surface area contributed by atoms with E-state index < -0.39 is 5.41 Å². The summed E-state index contributed by atoms with van der Waals surface area (Å²) in [5, 5.41) is 0. The Morgan fingerprint density at radius 2 is 1.72 bits per heavy atom. The third-order valence-electron chi connectivity index (χ3n) is 4.51. The van der Waals surface area contributed by atoms with E-state index in [-0.39, 0.29) is 24.3 Å². The number of piperazine rings is 1. The monoisotopic (exact) mass is 366 g/mol. The summed E-state index contributed by atoms with van der Waals surface area (Å²) in [4.78, 5) is 28.3. The molecule has 0 atom stereocenters. The SMILES string of the molecule is Cc1ccc(OCC(=O)N2CCN(C(=O)C(C)(C)CCl)CC2)c(C)c1. The minimum Gasteiger partial charge on any atom is -0.484 e. The molecule has 2 rings (SSSR count). The zero-order valence-corrected chi connectivity index (χ0v) is 16.2. The molecule has 0 unspecified atom stereocenters. The molecule has 138 valence electrons. The predicted octanol–water partition coefficient (Wildman–Crippen LogP) is 2.62. The molecular formula is C19H27ClN2O3. The summed E-state index contributed by atoms with van der Waals surface area (Å²) in [6.07, 6.45) is 0. The van der Waals surface area contributed by atoms with Gasteiger partial charge in [0.2, 0.25) is 5.91 Å². The average Bonchev–Trinajstić information content (AvgIpc) is 2.60. The van der Waals surface area contributed by atoms with Gasteiger partial charge in [-0.05, 0) is 39.3 Å². The van der Waals surface area contributed by atoms with Crippen LogP contribution in [0.3, 0.4) is 0 Å². The van der Waals surface area contributed by atoms with Crippen LogP contribution in [-0.2, 0) is 9.59 Å². The molecule has 1 aromatic carbocycles. The first kappa shape index (κ1) is 19.6. The summed E-state index contributed by atoms with van der Waals surface area (Å²) in [5.74, 6) is 1.01. The van der Waals surface area contributed by atoms with Crippen LogP contribution in [0, 0.1) is 19.3 Å². The number of alkyl halides is 1. The molecule has 0 N–H and O–H groups in total. The van der Waals surface area contributed by atoms with E-state index in [1.807, 2.05) is 45.9 Å². The molecule has 6 heteroatoms. The topological polar surface area (TPSA) is 49.9 Å². The van der Waals surface area contributed by atoms with E-state index in [2.05, 4.69) is 0 Å². The van der Waals surface area contributed by atoms with Crippen molar-refractivity contribution in [1.82, 2.24) is 9.80 Å². The highest BCUT2D eigenvalue weighted by molar-refractivity contribution is 6.19. The molecule has 0 aromatic heterocycles. The third-order valence-corrected chi connectivity index (χ3v) is 5.18. The van der Waals surface area contributed by atoms with Crippen molar-refractivity contribution in [3.63, 3.8) is 0 Å². The number of ether oxygens (including phenoxy) is 1. The van der Waals surface area contributed by atoms with Crippen LogP contribution >= 0.6 is 11.6 Å². The number of amides is 2. The molecule has 2 amide bonds. The van der Waals surface area contributed by atoms with Crippen LogP contribution < -0.4 is 4.74 Å². The van der Waals surface area contributed by atoms with Crippen molar-refractivity contribution in [3.05, 3.63) is 29.3 Å². The summed E-state index contributed by atoms with van der Waals surface area (Å²) >= 11 is 5.88. The van der Waals surface area contributed by atoms with Gasteiger partial charge in [0.15, 0.2) is 6.61 Å². The van der Waals surface area contributed by atoms with Gasteiger partial charge in [0, 0.05) is 32.1 Å². The molecule has 0 bridgehead atoms. The number of aryl methyl sites for hydroxylation is 2. The van der Waals surface area contributed by atoms with E-state index in [0.717, 1.165) is 16.9 Å². The normalized spacial score (nSPS) is 15.2. The molecule has 1 fully saturated rings. The first-order valence-corrected chi connectivity index (χ1v) is 9.11. The summed E-state index contributed by atoms with van der Waals surface area (Å²) < 4.78 is 5.66. The summed E-state index contributed by atoms with van der Waals surface area (Å²) in [6, 6.07) is 5.89. The van der Waals surface area contributed by atoms with Gasteiger partial charge in [-0.15, -0.1) is 11.6 Å². The number of hydrogen-bond donors (Lipinski definition) is 0. The summed E-state index contributed by atoms with van der Waals surface area (Å²) in [7, 11) is 0. The lowest BCUT2D eigenvalue weighted by atomic mass is 9.94. The predicted molar refractivity (Wildman–Crippen MR) is 99.1 cm³/mol. The number of carbonyl (C=O) groups is 2. The molecular weight excluding hydrogens is 340 g/mol. The van der Waals surface area contributed by atoms with E-state index in [0.29, 0.717) is 26.2 Å². The largest absolute Gasteiger partial charge is 0.484 e. The minimum atomic E-state index is -0.570. The van der Waals surface area contributed by atoms with E-state index >= 15 is 0 Å². The second-order valence-electron chi connectivity index (χ2n) is 7.25. The summed E-state index contributed by atoms with van der Waals surface area (Å²) in [6.45, 7) is 9.82. The van der Waals surface area contributed by atoms with Crippen molar-refractivity contribution in [2.45, 2.75) is 27.7 Å². The van der Waals surface area contributed by atoms with Crippen molar-refractivity contribution >= 4 is 23.4 Å². The smallest absolute Gasteiger partial charge is 0.260 e. The average molecular weight is 367 g/mol. The van der Waals surface area contributed by atoms with Crippen LogP contribution in [0.2, 0.25) is 0 Å². The Bertz CT molecular complexity index is 638. The number of halogens is 1. The van der Waals surface area contributed by atoms with E-state index in [9.17, 15) is 9.59 Å². The molecule has 1 heterocycles. The van der Waals surface area contributed by atoms with Gasteiger partial charge in [-0.25, -0.2) is 0 Å². The highest BCUT2D eigenvalue weighted by atomic mass is 35.5. The van der Waals surface area contributed by atoms with Crippen LogP contribution in [0.4, 0.5) is 0 Å². The molecule has 0 aliphatic carbocycles. The van der Waals surface area contributed by atoms with Gasteiger partial charge in [0.1, 0.15) is 5.75 Å². The van der Waals surface area contributed by atoms with Crippen molar-refractivity contribution < 1.29 is 14.3 Å².